The molecular weight excluding hydrogens is 324 g/mol. The van der Waals surface area contributed by atoms with Crippen molar-refractivity contribution >= 4 is 23.2 Å². The lowest BCUT2D eigenvalue weighted by Gasteiger charge is -2.22. The van der Waals surface area contributed by atoms with Gasteiger partial charge in [-0.2, -0.15) is 0 Å². The first-order valence-corrected chi connectivity index (χ1v) is 8.55. The highest BCUT2D eigenvalue weighted by Gasteiger charge is 2.20. The molecule has 0 saturated carbocycles. The van der Waals surface area contributed by atoms with E-state index in [1.54, 1.807) is 19.1 Å². The smallest absolute Gasteiger partial charge is 0.225 e. The van der Waals surface area contributed by atoms with Crippen LogP contribution < -0.4 is 10.1 Å². The van der Waals surface area contributed by atoms with Crippen molar-refractivity contribution in [1.29, 1.82) is 0 Å². The van der Waals surface area contributed by atoms with Crippen LogP contribution in [0, 0.1) is 0 Å². The van der Waals surface area contributed by atoms with Crippen LogP contribution in [0.5, 0.6) is 5.75 Å². The lowest BCUT2D eigenvalue weighted by atomic mass is 10.1. The van der Waals surface area contributed by atoms with E-state index in [1.165, 1.54) is 18.3 Å². The zero-order valence-electron chi connectivity index (χ0n) is 14.1. The van der Waals surface area contributed by atoms with Crippen LogP contribution in [0.2, 0.25) is 0 Å². The molecule has 1 aromatic heterocycles. The molecule has 0 aliphatic carbocycles. The van der Waals surface area contributed by atoms with Crippen molar-refractivity contribution in [2.24, 2.45) is 0 Å². The van der Waals surface area contributed by atoms with Crippen molar-refractivity contribution in [3.05, 3.63) is 52.2 Å². The molecule has 1 heterocycles. The molecular formula is C18H22N2O3S. The summed E-state index contributed by atoms with van der Waals surface area (Å²) in [6, 6.07) is 11.2. The van der Waals surface area contributed by atoms with Gasteiger partial charge in [-0.1, -0.05) is 18.2 Å². The van der Waals surface area contributed by atoms with Gasteiger partial charge in [0.1, 0.15) is 5.75 Å². The number of rotatable bonds is 7. The molecule has 0 aliphatic rings. The zero-order chi connectivity index (χ0) is 17.5. The van der Waals surface area contributed by atoms with Crippen molar-refractivity contribution in [1.82, 2.24) is 10.2 Å². The summed E-state index contributed by atoms with van der Waals surface area (Å²) in [5.74, 6) is 0.602. The number of thiophene rings is 1. The van der Waals surface area contributed by atoms with Crippen LogP contribution in [0.4, 0.5) is 0 Å². The summed E-state index contributed by atoms with van der Waals surface area (Å²) in [6.45, 7) is 1.96. The molecule has 1 atom stereocenters. The van der Waals surface area contributed by atoms with E-state index in [2.05, 4.69) is 5.32 Å². The minimum Gasteiger partial charge on any atom is -0.497 e. The fraction of sp³-hybridized carbons (Fsp3) is 0.333. The number of hydrogen-bond donors (Lipinski definition) is 1. The zero-order valence-corrected chi connectivity index (χ0v) is 14.9. The average molecular weight is 346 g/mol. The van der Waals surface area contributed by atoms with Gasteiger partial charge in [-0.15, -0.1) is 11.3 Å². The third-order valence-electron chi connectivity index (χ3n) is 3.62. The van der Waals surface area contributed by atoms with Crippen LogP contribution in [0.3, 0.4) is 0 Å². The van der Waals surface area contributed by atoms with Crippen LogP contribution in [-0.2, 0) is 16.1 Å². The maximum Gasteiger partial charge on any atom is 0.225 e. The van der Waals surface area contributed by atoms with E-state index >= 15 is 0 Å². The highest BCUT2D eigenvalue weighted by atomic mass is 32.1. The molecule has 24 heavy (non-hydrogen) atoms. The van der Waals surface area contributed by atoms with Crippen LogP contribution in [0.25, 0.3) is 0 Å². The van der Waals surface area contributed by atoms with Gasteiger partial charge in [0.05, 0.1) is 19.6 Å². The molecule has 0 radical (unpaired) electrons. The number of amides is 2. The van der Waals surface area contributed by atoms with Crippen LogP contribution >= 0.6 is 11.3 Å². The molecule has 2 amide bonds. The van der Waals surface area contributed by atoms with E-state index in [4.69, 9.17) is 4.74 Å². The van der Waals surface area contributed by atoms with Crippen molar-refractivity contribution in [2.75, 3.05) is 14.2 Å². The Morgan fingerprint density at radius 2 is 2.08 bits per heavy atom. The first kappa shape index (κ1) is 18.0. The first-order chi connectivity index (χ1) is 11.5. The van der Waals surface area contributed by atoms with E-state index < -0.39 is 0 Å². The number of carbonyl (C=O) groups is 2. The summed E-state index contributed by atoms with van der Waals surface area (Å²) in [7, 11) is 3.38. The number of benzene rings is 1. The molecule has 0 saturated heterocycles. The van der Waals surface area contributed by atoms with Crippen LogP contribution in [0.15, 0.2) is 41.8 Å². The van der Waals surface area contributed by atoms with Crippen LogP contribution in [-0.4, -0.2) is 30.9 Å². The van der Waals surface area contributed by atoms with Gasteiger partial charge in [-0.3, -0.25) is 9.59 Å². The Kier molecular flexibility index (Phi) is 6.37. The molecule has 2 rings (SSSR count). The van der Waals surface area contributed by atoms with E-state index in [0.29, 0.717) is 6.54 Å². The highest BCUT2D eigenvalue weighted by molar-refractivity contribution is 7.10. The number of methoxy groups -OCH3 is 1. The van der Waals surface area contributed by atoms with E-state index in [9.17, 15) is 9.59 Å². The van der Waals surface area contributed by atoms with Gasteiger partial charge >= 0.3 is 0 Å². The van der Waals surface area contributed by atoms with Crippen molar-refractivity contribution in [3.8, 4) is 5.75 Å². The predicted molar refractivity (Wildman–Crippen MR) is 95.0 cm³/mol. The second kappa shape index (κ2) is 8.49. The lowest BCUT2D eigenvalue weighted by Crippen LogP contribution is -2.33. The molecule has 6 heteroatoms. The Morgan fingerprint density at radius 3 is 2.71 bits per heavy atom. The van der Waals surface area contributed by atoms with Gasteiger partial charge in [-0.05, 0) is 29.1 Å². The van der Waals surface area contributed by atoms with Crippen molar-refractivity contribution in [3.63, 3.8) is 0 Å². The number of ether oxygens (including phenoxy) is 1. The molecule has 1 unspecified atom stereocenters. The number of nitrogens with zero attached hydrogens (tertiary/aromatic N) is 1. The SMILES string of the molecule is COc1cccc(CN(C)C(=O)CC(NC(C)=O)c2cccs2)c1. The summed E-state index contributed by atoms with van der Waals surface area (Å²) in [4.78, 5) is 26.6. The molecule has 0 aliphatic heterocycles. The minimum atomic E-state index is -0.289. The van der Waals surface area contributed by atoms with Gasteiger partial charge in [0.25, 0.3) is 0 Å². The van der Waals surface area contributed by atoms with Crippen LogP contribution in [0.1, 0.15) is 29.8 Å². The van der Waals surface area contributed by atoms with Gasteiger partial charge in [0.2, 0.25) is 11.8 Å². The second-order valence-electron chi connectivity index (χ2n) is 5.57. The Labute approximate surface area is 146 Å². The van der Waals surface area contributed by atoms with Gasteiger partial charge in [0.15, 0.2) is 0 Å². The van der Waals surface area contributed by atoms with E-state index in [0.717, 1.165) is 16.2 Å². The third-order valence-corrected chi connectivity index (χ3v) is 4.61. The molecule has 128 valence electrons. The largest absolute Gasteiger partial charge is 0.497 e. The number of carbonyl (C=O) groups excluding carboxylic acids is 2. The molecule has 1 aromatic carbocycles. The highest BCUT2D eigenvalue weighted by Crippen LogP contribution is 2.23. The fourth-order valence-corrected chi connectivity index (χ4v) is 3.20. The molecule has 0 fully saturated rings. The maximum absolute atomic E-state index is 12.5. The third kappa shape index (κ3) is 5.09. The van der Waals surface area contributed by atoms with Crippen molar-refractivity contribution < 1.29 is 14.3 Å². The Balaban J connectivity index is 2.01. The van der Waals surface area contributed by atoms with Crippen molar-refractivity contribution in [2.45, 2.75) is 25.9 Å². The standard InChI is InChI=1S/C18H22N2O3S/c1-13(21)19-16(17-8-5-9-24-17)11-18(22)20(2)12-14-6-4-7-15(10-14)23-3/h4-10,16H,11-12H2,1-3H3,(H,19,21). The molecule has 2 aromatic rings. The summed E-state index contributed by atoms with van der Waals surface area (Å²) in [5, 5.41) is 4.79. The van der Waals surface area contributed by atoms with Gasteiger partial charge in [-0.25, -0.2) is 0 Å². The first-order valence-electron chi connectivity index (χ1n) is 7.67. The Bertz CT molecular complexity index is 685. The molecule has 0 bridgehead atoms. The predicted octanol–water partition coefficient (Wildman–Crippen LogP) is 2.98. The molecule has 0 spiro atoms. The summed E-state index contributed by atoms with van der Waals surface area (Å²) in [5.41, 5.74) is 0.998. The summed E-state index contributed by atoms with van der Waals surface area (Å²) in [6.07, 6.45) is 0.237. The Hall–Kier alpha value is -2.34. The second-order valence-corrected chi connectivity index (χ2v) is 6.55. The van der Waals surface area contributed by atoms with E-state index in [1.807, 2.05) is 41.8 Å². The molecule has 1 N–H and O–H groups in total. The summed E-state index contributed by atoms with van der Waals surface area (Å²) < 4.78 is 5.20. The lowest BCUT2D eigenvalue weighted by molar-refractivity contribution is -0.131. The Morgan fingerprint density at radius 1 is 1.29 bits per heavy atom. The average Bonchev–Trinajstić information content (AvgIpc) is 3.08. The topological polar surface area (TPSA) is 58.6 Å². The monoisotopic (exact) mass is 346 g/mol. The van der Waals surface area contributed by atoms with Gasteiger partial charge in [0, 0.05) is 25.4 Å². The van der Waals surface area contributed by atoms with E-state index in [-0.39, 0.29) is 24.3 Å². The summed E-state index contributed by atoms with van der Waals surface area (Å²) >= 11 is 1.53. The van der Waals surface area contributed by atoms with Gasteiger partial charge < -0.3 is 15.0 Å². The fourth-order valence-electron chi connectivity index (χ4n) is 2.42. The molecule has 5 nitrogen and oxygen atoms in total. The quantitative estimate of drug-likeness (QED) is 0.838. The number of nitrogens with one attached hydrogen (secondary N) is 1. The number of hydrogen-bond acceptors (Lipinski definition) is 4. The normalized spacial score (nSPS) is 11.6. The maximum atomic E-state index is 12.5. The minimum absolute atomic E-state index is 0.0232.